The van der Waals surface area contributed by atoms with E-state index in [1.807, 2.05) is 31.2 Å². The number of nitrogens with zero attached hydrogens (tertiary/aromatic N) is 6. The van der Waals surface area contributed by atoms with Crippen LogP contribution in [0.3, 0.4) is 0 Å². The van der Waals surface area contributed by atoms with Crippen LogP contribution >= 0.6 is 0 Å². The fourth-order valence-corrected chi connectivity index (χ4v) is 3.97. The molecule has 36 heavy (non-hydrogen) atoms. The minimum absolute atomic E-state index is 0.168. The van der Waals surface area contributed by atoms with Crippen molar-refractivity contribution in [3.63, 3.8) is 0 Å². The smallest absolute Gasteiger partial charge is 0.269 e. The first-order valence-corrected chi connectivity index (χ1v) is 11.4. The highest BCUT2D eigenvalue weighted by atomic mass is 19.1. The Kier molecular flexibility index (Phi) is 6.16. The Morgan fingerprint density at radius 2 is 1.83 bits per heavy atom. The number of hydrogen-bond acceptors (Lipinski definition) is 5. The molecule has 5 rings (SSSR count). The number of amides is 1. The molecule has 0 spiro atoms. The molecule has 1 N–H and O–H groups in total. The number of halogens is 1. The van der Waals surface area contributed by atoms with E-state index < -0.39 is 0 Å². The van der Waals surface area contributed by atoms with Crippen molar-refractivity contribution in [1.29, 1.82) is 0 Å². The van der Waals surface area contributed by atoms with E-state index in [-0.39, 0.29) is 23.8 Å². The third-order valence-corrected chi connectivity index (χ3v) is 5.96. The summed E-state index contributed by atoms with van der Waals surface area (Å²) in [6.07, 6.45) is 3.03. The highest BCUT2D eigenvalue weighted by molar-refractivity contribution is 5.93. The number of rotatable bonds is 7. The molecule has 0 radical (unpaired) electrons. The topological polar surface area (TPSA) is 99.6 Å². The minimum atomic E-state index is -0.335. The summed E-state index contributed by atoms with van der Waals surface area (Å²) >= 11 is 0. The molecule has 182 valence electrons. The van der Waals surface area contributed by atoms with Gasteiger partial charge in [0.15, 0.2) is 5.65 Å². The lowest BCUT2D eigenvalue weighted by Crippen LogP contribution is -2.29. The maximum absolute atomic E-state index is 13.2. The van der Waals surface area contributed by atoms with E-state index in [0.717, 1.165) is 11.1 Å². The Labute approximate surface area is 205 Å². The summed E-state index contributed by atoms with van der Waals surface area (Å²) in [7, 11) is 1.68. The molecule has 3 heterocycles. The van der Waals surface area contributed by atoms with Gasteiger partial charge >= 0.3 is 0 Å². The van der Waals surface area contributed by atoms with Gasteiger partial charge in [0.05, 0.1) is 25.0 Å². The average Bonchev–Trinajstić information content (AvgIpc) is 3.46. The number of carbonyl (C=O) groups excluding carboxylic acids is 1. The Hall–Kier alpha value is -4.60. The molecule has 10 heteroatoms. The molecule has 5 aromatic rings. The van der Waals surface area contributed by atoms with Gasteiger partial charge in [-0.3, -0.25) is 18.8 Å². The molecule has 0 aliphatic carbocycles. The van der Waals surface area contributed by atoms with E-state index in [1.54, 1.807) is 34.5 Å². The van der Waals surface area contributed by atoms with Crippen LogP contribution in [0.4, 0.5) is 4.39 Å². The quantitative estimate of drug-likeness (QED) is 0.382. The summed E-state index contributed by atoms with van der Waals surface area (Å²) in [5.74, 6) is -0.637. The lowest BCUT2D eigenvalue weighted by molar-refractivity contribution is 0.0942. The molecular weight excluding hydrogens is 461 g/mol. The molecule has 0 bridgehead atoms. The van der Waals surface area contributed by atoms with Gasteiger partial charge in [0.1, 0.15) is 23.2 Å². The van der Waals surface area contributed by atoms with Crippen LogP contribution in [-0.4, -0.2) is 41.6 Å². The van der Waals surface area contributed by atoms with Crippen LogP contribution in [0.2, 0.25) is 0 Å². The SMILES string of the molecule is Cc1ccc(Cn2cnc3c(cnn3CCNC(=O)c3cc(-c4ccc(F)cc4)nn3C)c2=O)cc1. The zero-order valence-corrected chi connectivity index (χ0v) is 19.8. The predicted octanol–water partition coefficient (Wildman–Crippen LogP) is 2.92. The summed E-state index contributed by atoms with van der Waals surface area (Å²) in [5, 5.41) is 11.9. The Morgan fingerprint density at radius 3 is 2.58 bits per heavy atom. The van der Waals surface area contributed by atoms with E-state index in [0.29, 0.717) is 41.1 Å². The van der Waals surface area contributed by atoms with Gasteiger partial charge < -0.3 is 5.32 Å². The zero-order valence-electron chi connectivity index (χ0n) is 19.8. The van der Waals surface area contributed by atoms with Crippen molar-refractivity contribution in [2.75, 3.05) is 6.54 Å². The fourth-order valence-electron chi connectivity index (χ4n) is 3.97. The fraction of sp³-hybridized carbons (Fsp3) is 0.192. The number of fused-ring (bicyclic) bond motifs is 1. The number of nitrogens with one attached hydrogen (secondary N) is 1. The zero-order chi connectivity index (χ0) is 25.2. The lowest BCUT2D eigenvalue weighted by atomic mass is 10.1. The number of hydrogen-bond donors (Lipinski definition) is 1. The average molecular weight is 486 g/mol. The van der Waals surface area contributed by atoms with Gasteiger partial charge in [-0.2, -0.15) is 10.2 Å². The molecule has 3 aromatic heterocycles. The molecule has 1 amide bonds. The van der Waals surface area contributed by atoms with Crippen LogP contribution in [0.1, 0.15) is 21.6 Å². The number of benzene rings is 2. The van der Waals surface area contributed by atoms with Crippen molar-refractivity contribution in [2.45, 2.75) is 20.0 Å². The van der Waals surface area contributed by atoms with Gasteiger partial charge in [0, 0.05) is 19.2 Å². The van der Waals surface area contributed by atoms with E-state index in [9.17, 15) is 14.0 Å². The van der Waals surface area contributed by atoms with E-state index >= 15 is 0 Å². The molecule has 0 saturated heterocycles. The van der Waals surface area contributed by atoms with Gasteiger partial charge in [0.25, 0.3) is 11.5 Å². The molecule has 0 unspecified atom stereocenters. The first kappa shape index (κ1) is 23.2. The molecular formula is C26H24FN7O2. The molecule has 0 atom stereocenters. The maximum Gasteiger partial charge on any atom is 0.269 e. The van der Waals surface area contributed by atoms with Gasteiger partial charge in [-0.1, -0.05) is 29.8 Å². The standard InChI is InChI=1S/C26H24FN7O2/c1-17-3-5-18(6-4-17)15-33-16-29-24-21(26(33)36)14-30-34(24)12-11-28-25(35)23-13-22(31-32(23)2)19-7-9-20(27)10-8-19/h3-10,13-14,16H,11-12,15H2,1-2H3,(H,28,35). The first-order valence-electron chi connectivity index (χ1n) is 11.4. The third-order valence-electron chi connectivity index (χ3n) is 5.96. The van der Waals surface area contributed by atoms with Crippen LogP contribution in [0.25, 0.3) is 22.3 Å². The summed E-state index contributed by atoms with van der Waals surface area (Å²) in [6, 6.07) is 15.6. The third kappa shape index (κ3) is 4.65. The van der Waals surface area contributed by atoms with Gasteiger partial charge in [0.2, 0.25) is 0 Å². The maximum atomic E-state index is 13.2. The summed E-state index contributed by atoms with van der Waals surface area (Å²) in [4.78, 5) is 30.1. The summed E-state index contributed by atoms with van der Waals surface area (Å²) < 4.78 is 17.8. The molecule has 2 aromatic carbocycles. The summed E-state index contributed by atoms with van der Waals surface area (Å²) in [6.45, 7) is 3.06. The number of aryl methyl sites for hydroxylation is 2. The van der Waals surface area contributed by atoms with E-state index in [2.05, 4.69) is 20.5 Å². The highest BCUT2D eigenvalue weighted by Crippen LogP contribution is 2.19. The predicted molar refractivity (Wildman–Crippen MR) is 133 cm³/mol. The second kappa shape index (κ2) is 9.57. The molecule has 9 nitrogen and oxygen atoms in total. The second-order valence-electron chi connectivity index (χ2n) is 8.57. The van der Waals surface area contributed by atoms with Crippen LogP contribution in [0.5, 0.6) is 0 Å². The van der Waals surface area contributed by atoms with Gasteiger partial charge in [-0.25, -0.2) is 14.1 Å². The highest BCUT2D eigenvalue weighted by Gasteiger charge is 2.15. The Bertz CT molecular complexity index is 1600. The van der Waals surface area contributed by atoms with Gasteiger partial charge in [-0.15, -0.1) is 0 Å². The van der Waals surface area contributed by atoms with Gasteiger partial charge in [-0.05, 0) is 42.8 Å². The Balaban J connectivity index is 1.25. The lowest BCUT2D eigenvalue weighted by Gasteiger charge is -2.08. The monoisotopic (exact) mass is 485 g/mol. The molecule has 0 aliphatic rings. The van der Waals surface area contributed by atoms with Crippen molar-refractivity contribution >= 4 is 16.9 Å². The second-order valence-corrected chi connectivity index (χ2v) is 8.57. The van der Waals surface area contributed by atoms with E-state index in [1.165, 1.54) is 29.3 Å². The van der Waals surface area contributed by atoms with Crippen molar-refractivity contribution < 1.29 is 9.18 Å². The van der Waals surface area contributed by atoms with Crippen molar-refractivity contribution in [1.82, 2.24) is 34.4 Å². The number of carbonyl (C=O) groups is 1. The summed E-state index contributed by atoms with van der Waals surface area (Å²) in [5.41, 5.74) is 4.13. The number of aromatic nitrogens is 6. The molecule has 0 aliphatic heterocycles. The van der Waals surface area contributed by atoms with E-state index in [4.69, 9.17) is 0 Å². The van der Waals surface area contributed by atoms with Crippen molar-refractivity contribution in [3.05, 3.63) is 100 Å². The van der Waals surface area contributed by atoms with Crippen molar-refractivity contribution in [2.24, 2.45) is 7.05 Å². The first-order chi connectivity index (χ1) is 17.4. The Morgan fingerprint density at radius 1 is 1.08 bits per heavy atom. The molecule has 0 fully saturated rings. The van der Waals surface area contributed by atoms with Crippen LogP contribution in [0.15, 0.2) is 71.9 Å². The minimum Gasteiger partial charge on any atom is -0.349 e. The van der Waals surface area contributed by atoms with Crippen LogP contribution in [-0.2, 0) is 20.1 Å². The largest absolute Gasteiger partial charge is 0.349 e. The normalized spacial score (nSPS) is 11.2. The van der Waals surface area contributed by atoms with Crippen molar-refractivity contribution in [3.8, 4) is 11.3 Å². The van der Waals surface area contributed by atoms with Crippen LogP contribution < -0.4 is 10.9 Å². The molecule has 0 saturated carbocycles. The van der Waals surface area contributed by atoms with Crippen LogP contribution in [0, 0.1) is 12.7 Å².